The zero-order valence-electron chi connectivity index (χ0n) is 14.1. The van der Waals surface area contributed by atoms with Crippen LogP contribution in [0.2, 0.25) is 0 Å². The van der Waals surface area contributed by atoms with E-state index < -0.39 is 10.0 Å². The lowest BCUT2D eigenvalue weighted by molar-refractivity contribution is -0.113. The molecule has 2 heterocycles. The highest BCUT2D eigenvalue weighted by Crippen LogP contribution is 2.23. The highest BCUT2D eigenvalue weighted by molar-refractivity contribution is 8.01. The smallest absolute Gasteiger partial charge is 0.243 e. The Kier molecular flexibility index (Phi) is 6.63. The molecule has 0 atom stereocenters. The molecule has 10 heteroatoms. The van der Waals surface area contributed by atoms with Gasteiger partial charge in [0.25, 0.3) is 0 Å². The molecule has 1 saturated heterocycles. The van der Waals surface area contributed by atoms with Crippen molar-refractivity contribution in [1.29, 1.82) is 0 Å². The number of amides is 1. The highest BCUT2D eigenvalue weighted by Gasteiger charge is 2.25. The van der Waals surface area contributed by atoms with Gasteiger partial charge < -0.3 is 5.32 Å². The van der Waals surface area contributed by atoms with E-state index >= 15 is 0 Å². The molecule has 1 aromatic heterocycles. The van der Waals surface area contributed by atoms with Crippen LogP contribution in [0.4, 0.5) is 5.69 Å². The van der Waals surface area contributed by atoms with Gasteiger partial charge in [-0.15, -0.1) is 10.2 Å². The monoisotopic (exact) mass is 412 g/mol. The van der Waals surface area contributed by atoms with Crippen LogP contribution >= 0.6 is 23.1 Å². The number of nitrogens with one attached hydrogen (secondary N) is 1. The number of hydrogen-bond donors (Lipinski definition) is 1. The molecule has 0 unspecified atom stereocenters. The van der Waals surface area contributed by atoms with E-state index in [-0.39, 0.29) is 16.6 Å². The van der Waals surface area contributed by atoms with Crippen molar-refractivity contribution < 1.29 is 13.2 Å². The third kappa shape index (κ3) is 5.03. The second-order valence-electron chi connectivity index (χ2n) is 5.89. The van der Waals surface area contributed by atoms with Gasteiger partial charge in [0.15, 0.2) is 4.34 Å². The van der Waals surface area contributed by atoms with Crippen molar-refractivity contribution in [3.8, 4) is 0 Å². The number of sulfonamides is 1. The lowest BCUT2D eigenvalue weighted by atomic mass is 10.2. The standard InChI is InChI=1S/C16H20N4O3S3/c21-15(11-24-16-19-17-12-25-16)18-13-6-5-7-14(10-13)26(22,23)20-8-3-1-2-4-9-20/h5-7,10,12H,1-4,8-9,11H2,(H,18,21). The average Bonchev–Trinajstić information content (AvgIpc) is 2.99. The average molecular weight is 413 g/mol. The number of benzene rings is 1. The first kappa shape index (κ1) is 19.3. The molecule has 0 spiro atoms. The van der Waals surface area contributed by atoms with Gasteiger partial charge in [-0.05, 0) is 31.0 Å². The molecule has 1 N–H and O–H groups in total. The molecular formula is C16H20N4O3S3. The van der Waals surface area contributed by atoms with Crippen molar-refractivity contribution in [2.24, 2.45) is 0 Å². The van der Waals surface area contributed by atoms with Gasteiger partial charge in [0.05, 0.1) is 10.6 Å². The molecule has 2 aromatic rings. The van der Waals surface area contributed by atoms with Crippen molar-refractivity contribution in [3.05, 3.63) is 29.8 Å². The minimum Gasteiger partial charge on any atom is -0.325 e. The fourth-order valence-electron chi connectivity index (χ4n) is 2.72. The van der Waals surface area contributed by atoms with Gasteiger partial charge in [0, 0.05) is 18.8 Å². The zero-order valence-corrected chi connectivity index (χ0v) is 16.6. The molecular weight excluding hydrogens is 392 g/mol. The van der Waals surface area contributed by atoms with Crippen LogP contribution in [0.15, 0.2) is 39.0 Å². The highest BCUT2D eigenvalue weighted by atomic mass is 32.2. The molecule has 1 aliphatic rings. The summed E-state index contributed by atoms with van der Waals surface area (Å²) in [6.45, 7) is 1.11. The summed E-state index contributed by atoms with van der Waals surface area (Å²) in [6, 6.07) is 6.44. The Hall–Kier alpha value is -1.49. The number of carbonyl (C=O) groups excluding carboxylic acids is 1. The second kappa shape index (κ2) is 8.94. The first-order chi connectivity index (χ1) is 12.6. The largest absolute Gasteiger partial charge is 0.325 e. The number of thioether (sulfide) groups is 1. The lowest BCUT2D eigenvalue weighted by Crippen LogP contribution is -2.32. The van der Waals surface area contributed by atoms with Crippen molar-refractivity contribution in [2.45, 2.75) is 34.9 Å². The van der Waals surface area contributed by atoms with Crippen molar-refractivity contribution in [2.75, 3.05) is 24.2 Å². The van der Waals surface area contributed by atoms with E-state index in [4.69, 9.17) is 0 Å². The molecule has 140 valence electrons. The number of aromatic nitrogens is 2. The predicted molar refractivity (Wildman–Crippen MR) is 103 cm³/mol. The van der Waals surface area contributed by atoms with Crippen molar-refractivity contribution in [3.63, 3.8) is 0 Å². The molecule has 3 rings (SSSR count). The normalized spacial score (nSPS) is 16.2. The Labute approximate surface area is 161 Å². The van der Waals surface area contributed by atoms with Gasteiger partial charge in [-0.25, -0.2) is 8.42 Å². The Bertz CT molecular complexity index is 832. The van der Waals surface area contributed by atoms with Crippen LogP contribution in [-0.4, -0.2) is 47.7 Å². The van der Waals surface area contributed by atoms with Crippen LogP contribution in [0.25, 0.3) is 0 Å². The summed E-state index contributed by atoms with van der Waals surface area (Å²) in [5.41, 5.74) is 2.08. The van der Waals surface area contributed by atoms with Crippen LogP contribution in [0.5, 0.6) is 0 Å². The quantitative estimate of drug-likeness (QED) is 0.734. The van der Waals surface area contributed by atoms with Gasteiger partial charge in [-0.1, -0.05) is 42.0 Å². The van der Waals surface area contributed by atoms with Crippen molar-refractivity contribution in [1.82, 2.24) is 14.5 Å². The summed E-state index contributed by atoms with van der Waals surface area (Å²) >= 11 is 2.67. The van der Waals surface area contributed by atoms with Crippen LogP contribution < -0.4 is 5.32 Å². The maximum atomic E-state index is 12.9. The molecule has 26 heavy (non-hydrogen) atoms. The van der Waals surface area contributed by atoms with Gasteiger partial charge in [0.2, 0.25) is 15.9 Å². The Morgan fingerprint density at radius 1 is 1.23 bits per heavy atom. The van der Waals surface area contributed by atoms with Crippen molar-refractivity contribution >= 4 is 44.7 Å². The second-order valence-corrected chi connectivity index (χ2v) is 9.88. The molecule has 0 radical (unpaired) electrons. The van der Waals surface area contributed by atoms with Crippen LogP contribution in [-0.2, 0) is 14.8 Å². The summed E-state index contributed by atoms with van der Waals surface area (Å²) in [5, 5.41) is 10.3. The number of anilines is 1. The minimum atomic E-state index is -3.53. The zero-order chi connectivity index (χ0) is 18.4. The maximum absolute atomic E-state index is 12.9. The van der Waals surface area contributed by atoms with E-state index in [1.54, 1.807) is 28.0 Å². The third-order valence-corrected chi connectivity index (χ3v) is 7.74. The summed E-state index contributed by atoms with van der Waals surface area (Å²) in [6.07, 6.45) is 3.90. The first-order valence-corrected chi connectivity index (χ1v) is 11.7. The number of hydrogen-bond acceptors (Lipinski definition) is 7. The summed E-state index contributed by atoms with van der Waals surface area (Å²) < 4.78 is 28.0. The van der Waals surface area contributed by atoms with E-state index in [1.165, 1.54) is 29.2 Å². The van der Waals surface area contributed by atoms with E-state index in [9.17, 15) is 13.2 Å². The lowest BCUT2D eigenvalue weighted by Gasteiger charge is -2.20. The third-order valence-electron chi connectivity index (χ3n) is 3.99. The molecule has 1 fully saturated rings. The van der Waals surface area contributed by atoms with Crippen LogP contribution in [0.3, 0.4) is 0 Å². The SMILES string of the molecule is O=C(CSc1nncs1)Nc1cccc(S(=O)(=O)N2CCCCCC2)c1. The molecule has 1 amide bonds. The Morgan fingerprint density at radius 3 is 2.69 bits per heavy atom. The van der Waals surface area contributed by atoms with E-state index in [2.05, 4.69) is 15.5 Å². The van der Waals surface area contributed by atoms with E-state index in [0.717, 1.165) is 30.0 Å². The minimum absolute atomic E-state index is 0.193. The predicted octanol–water partition coefficient (Wildman–Crippen LogP) is 2.83. The molecule has 1 aliphatic heterocycles. The molecule has 0 bridgehead atoms. The van der Waals surface area contributed by atoms with Gasteiger partial charge >= 0.3 is 0 Å². The summed E-state index contributed by atoms with van der Waals surface area (Å²) in [5.74, 6) is -0.0207. The fraction of sp³-hybridized carbons (Fsp3) is 0.438. The van der Waals surface area contributed by atoms with Gasteiger partial charge in [-0.2, -0.15) is 4.31 Å². The molecule has 0 aliphatic carbocycles. The van der Waals surface area contributed by atoms with Gasteiger partial charge in [0.1, 0.15) is 5.51 Å². The van der Waals surface area contributed by atoms with E-state index in [1.807, 2.05) is 0 Å². The summed E-state index contributed by atoms with van der Waals surface area (Å²) in [4.78, 5) is 12.3. The van der Waals surface area contributed by atoms with Crippen LogP contribution in [0, 0.1) is 0 Å². The maximum Gasteiger partial charge on any atom is 0.243 e. The molecule has 0 saturated carbocycles. The number of nitrogens with zero attached hydrogens (tertiary/aromatic N) is 3. The molecule has 1 aromatic carbocycles. The number of carbonyl (C=O) groups is 1. The van der Waals surface area contributed by atoms with Gasteiger partial charge in [-0.3, -0.25) is 4.79 Å². The summed E-state index contributed by atoms with van der Waals surface area (Å²) in [7, 11) is -3.53. The Balaban J connectivity index is 1.66. The van der Waals surface area contributed by atoms with E-state index in [0.29, 0.717) is 18.8 Å². The fourth-order valence-corrected chi connectivity index (χ4v) is 5.57. The molecule has 7 nitrogen and oxygen atoms in total. The first-order valence-electron chi connectivity index (χ1n) is 8.35. The van der Waals surface area contributed by atoms with Crippen LogP contribution in [0.1, 0.15) is 25.7 Å². The topological polar surface area (TPSA) is 92.3 Å². The Morgan fingerprint density at radius 2 is 2.00 bits per heavy atom. The number of rotatable bonds is 6.